The Morgan fingerprint density at radius 2 is 2.21 bits per heavy atom. The van der Waals surface area contributed by atoms with E-state index in [0.29, 0.717) is 23.4 Å². The van der Waals surface area contributed by atoms with Crippen LogP contribution in [0, 0.1) is 6.92 Å². The lowest BCUT2D eigenvalue weighted by Gasteiger charge is -2.35. The number of nitrogens with zero attached hydrogens (tertiary/aromatic N) is 3. The van der Waals surface area contributed by atoms with Crippen LogP contribution in [0.3, 0.4) is 0 Å². The molecule has 3 rings (SSSR count). The lowest BCUT2D eigenvalue weighted by Crippen LogP contribution is -2.43. The predicted molar refractivity (Wildman–Crippen MR) is 93.2 cm³/mol. The second-order valence-corrected chi connectivity index (χ2v) is 6.76. The minimum absolute atomic E-state index is 0.0345. The molecule has 24 heavy (non-hydrogen) atoms. The lowest BCUT2D eigenvalue weighted by atomic mass is 9.99. The lowest BCUT2D eigenvalue weighted by molar-refractivity contribution is 0.0601. The molecule has 132 valence electrons. The third-order valence-electron chi connectivity index (χ3n) is 4.95. The molecule has 2 unspecified atom stereocenters. The molecule has 2 atom stereocenters. The van der Waals surface area contributed by atoms with Gasteiger partial charge >= 0.3 is 0 Å². The Bertz CT molecular complexity index is 572. The van der Waals surface area contributed by atoms with Crippen LogP contribution >= 0.6 is 0 Å². The second kappa shape index (κ2) is 7.92. The summed E-state index contributed by atoms with van der Waals surface area (Å²) in [5, 5.41) is 3.30. The molecule has 0 saturated carbocycles. The number of aryl methyl sites for hydroxylation is 1. The van der Waals surface area contributed by atoms with Gasteiger partial charge in [-0.05, 0) is 45.4 Å². The first-order valence-corrected chi connectivity index (χ1v) is 9.19. The number of carbonyl (C=O) groups is 1. The van der Waals surface area contributed by atoms with Gasteiger partial charge in [0.05, 0.1) is 6.10 Å². The van der Waals surface area contributed by atoms with Gasteiger partial charge in [0, 0.05) is 31.8 Å². The molecule has 1 aromatic rings. The molecule has 2 aliphatic heterocycles. The minimum Gasteiger partial charge on any atom is -0.376 e. The van der Waals surface area contributed by atoms with Crippen molar-refractivity contribution < 1.29 is 9.53 Å². The van der Waals surface area contributed by atoms with Crippen LogP contribution < -0.4 is 5.32 Å². The predicted octanol–water partition coefficient (Wildman–Crippen LogP) is 2.78. The average Bonchev–Trinajstić information content (AvgIpc) is 3.12. The fraction of sp³-hybridized carbons (Fsp3) is 0.722. The van der Waals surface area contributed by atoms with Gasteiger partial charge in [-0.1, -0.05) is 6.92 Å². The molecule has 1 N–H and O–H groups in total. The molecule has 1 aromatic heterocycles. The standard InChI is InChI=1S/C18H28N4O2/c1-3-14-7-4-5-9-22(14)18(23)16-11-17(21-13(2)20-16)19-12-15-8-6-10-24-15/h11,14-15H,3-10,12H2,1-2H3,(H,19,20,21). The average molecular weight is 332 g/mol. The summed E-state index contributed by atoms with van der Waals surface area (Å²) in [6, 6.07) is 2.12. The maximum atomic E-state index is 12.9. The molecule has 3 heterocycles. The van der Waals surface area contributed by atoms with E-state index in [4.69, 9.17) is 4.74 Å². The topological polar surface area (TPSA) is 67.4 Å². The fourth-order valence-corrected chi connectivity index (χ4v) is 3.63. The summed E-state index contributed by atoms with van der Waals surface area (Å²) in [6.45, 7) is 6.38. The highest BCUT2D eigenvalue weighted by Gasteiger charge is 2.27. The van der Waals surface area contributed by atoms with Crippen LogP contribution in [0.25, 0.3) is 0 Å². The highest BCUT2D eigenvalue weighted by molar-refractivity contribution is 5.93. The Labute approximate surface area is 144 Å². The van der Waals surface area contributed by atoms with Crippen LogP contribution in [0.4, 0.5) is 5.82 Å². The number of ether oxygens (including phenoxy) is 1. The van der Waals surface area contributed by atoms with E-state index in [1.807, 2.05) is 11.8 Å². The third-order valence-corrected chi connectivity index (χ3v) is 4.95. The Balaban J connectivity index is 1.70. The molecule has 2 fully saturated rings. The van der Waals surface area contributed by atoms with Crippen LogP contribution in [0.2, 0.25) is 0 Å². The van der Waals surface area contributed by atoms with Crippen LogP contribution in [-0.2, 0) is 4.74 Å². The number of anilines is 1. The number of amides is 1. The van der Waals surface area contributed by atoms with Crippen molar-refractivity contribution in [2.24, 2.45) is 0 Å². The Morgan fingerprint density at radius 1 is 1.33 bits per heavy atom. The largest absolute Gasteiger partial charge is 0.376 e. The van der Waals surface area contributed by atoms with Crippen molar-refractivity contribution in [1.29, 1.82) is 0 Å². The number of carbonyl (C=O) groups excluding carboxylic acids is 1. The maximum Gasteiger partial charge on any atom is 0.272 e. The minimum atomic E-state index is 0.0345. The van der Waals surface area contributed by atoms with Gasteiger partial charge in [-0.3, -0.25) is 4.79 Å². The summed E-state index contributed by atoms with van der Waals surface area (Å²) >= 11 is 0. The van der Waals surface area contributed by atoms with E-state index in [0.717, 1.165) is 51.8 Å². The second-order valence-electron chi connectivity index (χ2n) is 6.76. The fourth-order valence-electron chi connectivity index (χ4n) is 3.63. The molecule has 6 heteroatoms. The van der Waals surface area contributed by atoms with E-state index < -0.39 is 0 Å². The van der Waals surface area contributed by atoms with Crippen LogP contribution in [0.5, 0.6) is 0 Å². The normalized spacial score (nSPS) is 24.2. The number of rotatable bonds is 5. The summed E-state index contributed by atoms with van der Waals surface area (Å²) in [5.41, 5.74) is 0.498. The van der Waals surface area contributed by atoms with Crippen molar-refractivity contribution >= 4 is 11.7 Å². The zero-order chi connectivity index (χ0) is 16.9. The van der Waals surface area contributed by atoms with E-state index in [9.17, 15) is 4.79 Å². The number of nitrogens with one attached hydrogen (secondary N) is 1. The Kier molecular flexibility index (Phi) is 5.66. The first kappa shape index (κ1) is 17.1. The van der Waals surface area contributed by atoms with Gasteiger partial charge in [-0.2, -0.15) is 0 Å². The van der Waals surface area contributed by atoms with Gasteiger partial charge < -0.3 is 15.0 Å². The molecule has 2 aliphatic rings. The van der Waals surface area contributed by atoms with E-state index in [1.165, 1.54) is 6.42 Å². The maximum absolute atomic E-state index is 12.9. The SMILES string of the molecule is CCC1CCCCN1C(=O)c1cc(NCC2CCCO2)nc(C)n1. The zero-order valence-corrected chi connectivity index (χ0v) is 14.8. The van der Waals surface area contributed by atoms with Crippen LogP contribution in [0.1, 0.15) is 61.8 Å². The van der Waals surface area contributed by atoms with Gasteiger partial charge in [-0.25, -0.2) is 9.97 Å². The van der Waals surface area contributed by atoms with Crippen molar-refractivity contribution in [2.75, 3.05) is 25.0 Å². The molecule has 2 saturated heterocycles. The van der Waals surface area contributed by atoms with Crippen molar-refractivity contribution in [3.8, 4) is 0 Å². The summed E-state index contributed by atoms with van der Waals surface area (Å²) in [5.74, 6) is 1.37. The molecule has 0 bridgehead atoms. The highest BCUT2D eigenvalue weighted by atomic mass is 16.5. The Hall–Kier alpha value is -1.69. The van der Waals surface area contributed by atoms with E-state index in [2.05, 4.69) is 22.2 Å². The quantitative estimate of drug-likeness (QED) is 0.898. The van der Waals surface area contributed by atoms with Gasteiger partial charge in [0.2, 0.25) is 0 Å². The Morgan fingerprint density at radius 3 is 2.96 bits per heavy atom. The first-order chi connectivity index (χ1) is 11.7. The van der Waals surface area contributed by atoms with Gasteiger partial charge in [0.25, 0.3) is 5.91 Å². The smallest absolute Gasteiger partial charge is 0.272 e. The van der Waals surface area contributed by atoms with Gasteiger partial charge in [-0.15, -0.1) is 0 Å². The van der Waals surface area contributed by atoms with E-state index >= 15 is 0 Å². The summed E-state index contributed by atoms with van der Waals surface area (Å²) in [7, 11) is 0. The molecule has 0 aromatic carbocycles. The molecule has 0 radical (unpaired) electrons. The number of piperidine rings is 1. The summed E-state index contributed by atoms with van der Waals surface area (Å²) in [6.07, 6.45) is 6.82. The van der Waals surface area contributed by atoms with Gasteiger partial charge in [0.15, 0.2) is 0 Å². The van der Waals surface area contributed by atoms with E-state index in [1.54, 1.807) is 6.07 Å². The van der Waals surface area contributed by atoms with Crippen LogP contribution in [0.15, 0.2) is 6.07 Å². The molecule has 6 nitrogen and oxygen atoms in total. The zero-order valence-electron chi connectivity index (χ0n) is 14.8. The number of hydrogen-bond acceptors (Lipinski definition) is 5. The van der Waals surface area contributed by atoms with Gasteiger partial charge in [0.1, 0.15) is 17.3 Å². The molecule has 0 spiro atoms. The molecular weight excluding hydrogens is 304 g/mol. The third kappa shape index (κ3) is 4.04. The number of hydrogen-bond donors (Lipinski definition) is 1. The molecule has 0 aliphatic carbocycles. The highest BCUT2D eigenvalue weighted by Crippen LogP contribution is 2.22. The van der Waals surface area contributed by atoms with Crippen molar-refractivity contribution in [1.82, 2.24) is 14.9 Å². The summed E-state index contributed by atoms with van der Waals surface area (Å²) in [4.78, 5) is 23.7. The van der Waals surface area contributed by atoms with Crippen molar-refractivity contribution in [3.05, 3.63) is 17.6 Å². The van der Waals surface area contributed by atoms with E-state index in [-0.39, 0.29) is 12.0 Å². The summed E-state index contributed by atoms with van der Waals surface area (Å²) < 4.78 is 5.63. The van der Waals surface area contributed by atoms with Crippen molar-refractivity contribution in [2.45, 2.75) is 64.5 Å². The monoisotopic (exact) mass is 332 g/mol. The molecular formula is C18H28N4O2. The number of likely N-dealkylation sites (tertiary alicyclic amines) is 1. The van der Waals surface area contributed by atoms with Crippen molar-refractivity contribution in [3.63, 3.8) is 0 Å². The molecule has 1 amide bonds. The number of aromatic nitrogens is 2. The first-order valence-electron chi connectivity index (χ1n) is 9.19. The van der Waals surface area contributed by atoms with Crippen LogP contribution in [-0.4, -0.2) is 52.6 Å².